The minimum Gasteiger partial charge on any atom is -0.352 e. The lowest BCUT2D eigenvalue weighted by atomic mass is 9.88. The summed E-state index contributed by atoms with van der Waals surface area (Å²) in [6.07, 6.45) is 4.74. The number of anilines is 2. The number of nitrogens with zero attached hydrogens (tertiary/aromatic N) is 2. The highest BCUT2D eigenvalue weighted by molar-refractivity contribution is 5.68. The van der Waals surface area contributed by atoms with Gasteiger partial charge in [0, 0.05) is 24.5 Å². The second kappa shape index (κ2) is 11.4. The Morgan fingerprint density at radius 3 is 1.06 bits per heavy atom. The molecule has 2 aromatic carbocycles. The molecule has 0 N–H and O–H groups in total. The summed E-state index contributed by atoms with van der Waals surface area (Å²) >= 11 is 0. The fourth-order valence-electron chi connectivity index (χ4n) is 5.31. The van der Waals surface area contributed by atoms with E-state index in [0.717, 1.165) is 19.8 Å². The van der Waals surface area contributed by atoms with E-state index in [1.54, 1.807) is 0 Å². The van der Waals surface area contributed by atoms with Crippen LogP contribution in [-0.2, 0) is 0 Å². The predicted molar refractivity (Wildman–Crippen MR) is 147 cm³/mol. The van der Waals surface area contributed by atoms with Crippen LogP contribution >= 0.6 is 0 Å². The minimum absolute atomic E-state index is 0.584. The van der Waals surface area contributed by atoms with Crippen LogP contribution in [-0.4, -0.2) is 19.8 Å². The third-order valence-corrected chi connectivity index (χ3v) is 8.38. The van der Waals surface area contributed by atoms with E-state index in [9.17, 15) is 0 Å². The van der Waals surface area contributed by atoms with Gasteiger partial charge in [0.25, 0.3) is 0 Å². The Hall–Kier alpha value is -1.96. The quantitative estimate of drug-likeness (QED) is 0.358. The first-order valence-corrected chi connectivity index (χ1v) is 13.6. The van der Waals surface area contributed by atoms with Crippen molar-refractivity contribution >= 4 is 11.4 Å². The van der Waals surface area contributed by atoms with Gasteiger partial charge in [-0.3, -0.25) is 0 Å². The summed E-state index contributed by atoms with van der Waals surface area (Å²) in [6, 6.07) is 14.1. The van der Waals surface area contributed by atoms with E-state index in [2.05, 4.69) is 102 Å². The molecule has 1 saturated heterocycles. The summed E-state index contributed by atoms with van der Waals surface area (Å²) < 4.78 is 0. The first-order chi connectivity index (χ1) is 15.9. The molecule has 0 saturated carbocycles. The number of rotatable bonds is 10. The molecule has 2 nitrogen and oxygen atoms in total. The second-order valence-electron chi connectivity index (χ2n) is 10.5. The lowest BCUT2D eigenvalue weighted by molar-refractivity contribution is 0.699. The van der Waals surface area contributed by atoms with Crippen LogP contribution in [0.25, 0.3) is 0 Å². The van der Waals surface area contributed by atoms with Crippen LogP contribution in [0, 0.1) is 0 Å². The van der Waals surface area contributed by atoms with Gasteiger partial charge >= 0.3 is 0 Å². The standard InChI is InChI=1S/C31H48N2/c1-9-22(5)26-15-13-16-27(23(6)10-2)30(26)32-19-20-33(21-32)31-28(24(7)11-3)17-14-18-29(31)25(8)12-4/h13-18,22-25H,9-12,19-21H2,1-8H3. The number of benzene rings is 2. The average molecular weight is 449 g/mol. The Balaban J connectivity index is 2.06. The van der Waals surface area contributed by atoms with Gasteiger partial charge in [-0.2, -0.15) is 0 Å². The monoisotopic (exact) mass is 448 g/mol. The second-order valence-corrected chi connectivity index (χ2v) is 10.5. The highest BCUT2D eigenvalue weighted by atomic mass is 15.4. The fraction of sp³-hybridized carbons (Fsp3) is 0.613. The number of hydrogen-bond acceptors (Lipinski definition) is 2. The Morgan fingerprint density at radius 1 is 0.545 bits per heavy atom. The van der Waals surface area contributed by atoms with Crippen molar-refractivity contribution in [2.45, 2.75) is 105 Å². The minimum atomic E-state index is 0.584. The van der Waals surface area contributed by atoms with E-state index in [1.165, 1.54) is 59.3 Å². The molecule has 2 heteroatoms. The van der Waals surface area contributed by atoms with Crippen molar-refractivity contribution in [3.8, 4) is 0 Å². The van der Waals surface area contributed by atoms with Gasteiger partial charge in [-0.25, -0.2) is 0 Å². The maximum Gasteiger partial charge on any atom is 0.0904 e. The van der Waals surface area contributed by atoms with E-state index in [0.29, 0.717) is 23.7 Å². The maximum atomic E-state index is 2.69. The molecule has 0 spiro atoms. The van der Waals surface area contributed by atoms with Crippen LogP contribution in [0.1, 0.15) is 127 Å². The molecule has 33 heavy (non-hydrogen) atoms. The summed E-state index contributed by atoms with van der Waals surface area (Å²) in [7, 11) is 0. The van der Waals surface area contributed by atoms with Crippen molar-refractivity contribution in [3.05, 3.63) is 58.7 Å². The van der Waals surface area contributed by atoms with E-state index in [4.69, 9.17) is 0 Å². The van der Waals surface area contributed by atoms with Gasteiger partial charge in [0.05, 0.1) is 6.67 Å². The lowest BCUT2D eigenvalue weighted by Crippen LogP contribution is -2.29. The summed E-state index contributed by atoms with van der Waals surface area (Å²) in [5.74, 6) is 2.34. The zero-order valence-corrected chi connectivity index (χ0v) is 22.6. The molecule has 0 aliphatic carbocycles. The number of hydrogen-bond donors (Lipinski definition) is 0. The molecule has 4 atom stereocenters. The van der Waals surface area contributed by atoms with E-state index in [1.807, 2.05) is 0 Å². The Kier molecular flexibility index (Phi) is 8.90. The van der Waals surface area contributed by atoms with Crippen molar-refractivity contribution in [1.29, 1.82) is 0 Å². The maximum absolute atomic E-state index is 2.69. The molecule has 1 aliphatic heterocycles. The third kappa shape index (κ3) is 5.26. The summed E-state index contributed by atoms with van der Waals surface area (Å²) in [5, 5.41) is 0. The van der Waals surface area contributed by atoms with Crippen LogP contribution in [0.2, 0.25) is 0 Å². The Morgan fingerprint density at radius 2 is 0.818 bits per heavy atom. The highest BCUT2D eigenvalue weighted by Gasteiger charge is 2.30. The van der Waals surface area contributed by atoms with Crippen molar-refractivity contribution in [2.24, 2.45) is 0 Å². The topological polar surface area (TPSA) is 6.48 Å². The molecule has 0 aromatic heterocycles. The van der Waals surface area contributed by atoms with E-state index in [-0.39, 0.29) is 0 Å². The summed E-state index contributed by atoms with van der Waals surface area (Å²) in [5.41, 5.74) is 9.19. The Labute approximate surface area is 204 Å². The molecule has 0 amide bonds. The molecule has 1 fully saturated rings. The van der Waals surface area contributed by atoms with Crippen molar-refractivity contribution in [3.63, 3.8) is 0 Å². The molecule has 0 radical (unpaired) electrons. The van der Waals surface area contributed by atoms with Gasteiger partial charge in [-0.05, 0) is 71.6 Å². The molecular formula is C31H48N2. The van der Waals surface area contributed by atoms with Gasteiger partial charge < -0.3 is 9.80 Å². The first kappa shape index (κ1) is 25.7. The largest absolute Gasteiger partial charge is 0.352 e. The zero-order valence-electron chi connectivity index (χ0n) is 22.6. The normalized spacial score (nSPS) is 17.8. The zero-order chi connectivity index (χ0) is 24.1. The van der Waals surface area contributed by atoms with Crippen LogP contribution < -0.4 is 9.80 Å². The Bertz CT molecular complexity index is 772. The smallest absolute Gasteiger partial charge is 0.0904 e. The van der Waals surface area contributed by atoms with Gasteiger partial charge in [-0.15, -0.1) is 0 Å². The molecule has 1 aliphatic rings. The highest BCUT2D eigenvalue weighted by Crippen LogP contribution is 2.42. The summed E-state index contributed by atoms with van der Waals surface area (Å²) in [6.45, 7) is 22.1. The van der Waals surface area contributed by atoms with Crippen LogP contribution in [0.4, 0.5) is 11.4 Å². The molecule has 4 unspecified atom stereocenters. The SMILES string of the molecule is CCC(C)c1cccc(C(C)CC)c1N1CCN(c2c(C(C)CC)cccc2C(C)CC)C1. The molecular weight excluding hydrogens is 400 g/mol. The van der Waals surface area contributed by atoms with Crippen molar-refractivity contribution in [1.82, 2.24) is 0 Å². The van der Waals surface area contributed by atoms with Crippen molar-refractivity contribution in [2.75, 3.05) is 29.6 Å². The molecule has 1 heterocycles. The number of para-hydroxylation sites is 2. The third-order valence-electron chi connectivity index (χ3n) is 8.38. The fourth-order valence-corrected chi connectivity index (χ4v) is 5.31. The van der Waals surface area contributed by atoms with Crippen LogP contribution in [0.5, 0.6) is 0 Å². The van der Waals surface area contributed by atoms with Crippen molar-refractivity contribution < 1.29 is 0 Å². The lowest BCUT2D eigenvalue weighted by Gasteiger charge is -2.32. The molecule has 3 rings (SSSR count). The molecule has 2 aromatic rings. The molecule has 0 bridgehead atoms. The van der Waals surface area contributed by atoms with Crippen LogP contribution in [0.15, 0.2) is 36.4 Å². The van der Waals surface area contributed by atoms with Crippen LogP contribution in [0.3, 0.4) is 0 Å². The van der Waals surface area contributed by atoms with Gasteiger partial charge in [-0.1, -0.05) is 91.8 Å². The van der Waals surface area contributed by atoms with Gasteiger partial charge in [0.1, 0.15) is 0 Å². The summed E-state index contributed by atoms with van der Waals surface area (Å²) in [4.78, 5) is 5.38. The van der Waals surface area contributed by atoms with E-state index < -0.39 is 0 Å². The van der Waals surface area contributed by atoms with Gasteiger partial charge in [0.2, 0.25) is 0 Å². The first-order valence-electron chi connectivity index (χ1n) is 13.6. The molecule has 182 valence electrons. The van der Waals surface area contributed by atoms with Gasteiger partial charge in [0.15, 0.2) is 0 Å². The average Bonchev–Trinajstić information content (AvgIpc) is 3.35. The van der Waals surface area contributed by atoms with E-state index >= 15 is 0 Å². The predicted octanol–water partition coefficient (Wildman–Crippen LogP) is 9.02.